The zero-order chi connectivity index (χ0) is 11.7. The molecule has 1 unspecified atom stereocenters. The van der Waals surface area contributed by atoms with Gasteiger partial charge in [0, 0.05) is 31.7 Å². The van der Waals surface area contributed by atoms with E-state index in [0.29, 0.717) is 18.0 Å². The molecule has 1 N–H and O–H groups in total. The molecule has 16 heavy (non-hydrogen) atoms. The van der Waals surface area contributed by atoms with Gasteiger partial charge in [-0.15, -0.1) is 0 Å². The van der Waals surface area contributed by atoms with E-state index in [9.17, 15) is 4.79 Å². The lowest BCUT2D eigenvalue weighted by molar-refractivity contribution is -0.135. The highest BCUT2D eigenvalue weighted by Gasteiger charge is 2.32. The normalized spacial score (nSPS) is 36.7. The molecule has 2 aliphatic rings. The summed E-state index contributed by atoms with van der Waals surface area (Å²) in [6.07, 6.45) is 2.13. The van der Waals surface area contributed by atoms with Crippen molar-refractivity contribution in [2.75, 3.05) is 26.7 Å². The molecule has 2 aliphatic heterocycles. The molecule has 2 rings (SSSR count). The standard InChI is InChI=1S/C12H23N3O/c1-9-4-5-11(13-9)12(16)15-7-6-14(3)10(2)8-15/h9-11,13H,4-8H2,1-3H3/t9-,10?,11+/m1/s1. The minimum atomic E-state index is 0.0746. The van der Waals surface area contributed by atoms with Crippen LogP contribution in [-0.2, 0) is 4.79 Å². The van der Waals surface area contributed by atoms with Crippen molar-refractivity contribution in [2.24, 2.45) is 0 Å². The lowest BCUT2D eigenvalue weighted by atomic mass is 10.1. The van der Waals surface area contributed by atoms with Crippen LogP contribution in [0.25, 0.3) is 0 Å². The van der Waals surface area contributed by atoms with E-state index in [1.807, 2.05) is 4.90 Å². The van der Waals surface area contributed by atoms with Crippen molar-refractivity contribution >= 4 is 5.91 Å². The van der Waals surface area contributed by atoms with E-state index >= 15 is 0 Å². The maximum atomic E-state index is 12.2. The van der Waals surface area contributed by atoms with Gasteiger partial charge in [0.2, 0.25) is 5.91 Å². The number of nitrogens with zero attached hydrogens (tertiary/aromatic N) is 2. The van der Waals surface area contributed by atoms with E-state index in [4.69, 9.17) is 0 Å². The van der Waals surface area contributed by atoms with Crippen LogP contribution in [0, 0.1) is 0 Å². The van der Waals surface area contributed by atoms with Crippen LogP contribution in [0.4, 0.5) is 0 Å². The van der Waals surface area contributed by atoms with Gasteiger partial charge in [0.15, 0.2) is 0 Å². The monoisotopic (exact) mass is 225 g/mol. The Balaban J connectivity index is 1.90. The van der Waals surface area contributed by atoms with E-state index in [2.05, 4.69) is 31.1 Å². The van der Waals surface area contributed by atoms with Gasteiger partial charge in [-0.1, -0.05) is 0 Å². The van der Waals surface area contributed by atoms with Gasteiger partial charge in [-0.3, -0.25) is 4.79 Å². The largest absolute Gasteiger partial charge is 0.339 e. The Morgan fingerprint density at radius 1 is 1.25 bits per heavy atom. The predicted octanol–water partition coefficient (Wildman–Crippen LogP) is 0.289. The van der Waals surface area contributed by atoms with Crippen LogP contribution in [0.3, 0.4) is 0 Å². The first-order chi connectivity index (χ1) is 7.58. The fraction of sp³-hybridized carbons (Fsp3) is 0.917. The van der Waals surface area contributed by atoms with Gasteiger partial charge in [0.25, 0.3) is 0 Å². The first-order valence-electron chi connectivity index (χ1n) is 6.33. The third-order valence-electron chi connectivity index (χ3n) is 3.94. The summed E-state index contributed by atoms with van der Waals surface area (Å²) in [6.45, 7) is 7.09. The molecule has 2 saturated heterocycles. The molecule has 4 heteroatoms. The summed E-state index contributed by atoms with van der Waals surface area (Å²) in [5.41, 5.74) is 0. The van der Waals surface area contributed by atoms with Crippen LogP contribution >= 0.6 is 0 Å². The Kier molecular flexibility index (Phi) is 3.50. The number of hydrogen-bond acceptors (Lipinski definition) is 3. The smallest absolute Gasteiger partial charge is 0.239 e. The van der Waals surface area contributed by atoms with Gasteiger partial charge < -0.3 is 15.1 Å². The first-order valence-corrected chi connectivity index (χ1v) is 6.33. The van der Waals surface area contributed by atoms with Crippen molar-refractivity contribution in [3.63, 3.8) is 0 Å². The van der Waals surface area contributed by atoms with Crippen LogP contribution < -0.4 is 5.32 Å². The minimum absolute atomic E-state index is 0.0746. The van der Waals surface area contributed by atoms with Gasteiger partial charge in [-0.25, -0.2) is 0 Å². The molecule has 1 amide bonds. The number of carbonyl (C=O) groups is 1. The summed E-state index contributed by atoms with van der Waals surface area (Å²) >= 11 is 0. The number of piperazine rings is 1. The second-order valence-corrected chi connectivity index (χ2v) is 5.31. The molecule has 4 nitrogen and oxygen atoms in total. The van der Waals surface area contributed by atoms with Crippen molar-refractivity contribution in [3.05, 3.63) is 0 Å². The molecule has 3 atom stereocenters. The fourth-order valence-electron chi connectivity index (χ4n) is 2.59. The molecular weight excluding hydrogens is 202 g/mol. The molecule has 0 aliphatic carbocycles. The van der Waals surface area contributed by atoms with Crippen molar-refractivity contribution in [3.8, 4) is 0 Å². The van der Waals surface area contributed by atoms with Gasteiger partial charge in [0.05, 0.1) is 6.04 Å². The summed E-state index contributed by atoms with van der Waals surface area (Å²) in [5, 5.41) is 3.37. The minimum Gasteiger partial charge on any atom is -0.339 e. The molecule has 0 aromatic heterocycles. The molecular formula is C12H23N3O. The SMILES string of the molecule is CC1CN(C(=O)[C@@H]2CC[C@@H](C)N2)CCN1C. The zero-order valence-corrected chi connectivity index (χ0v) is 10.6. The van der Waals surface area contributed by atoms with Gasteiger partial charge in [-0.2, -0.15) is 0 Å². The number of rotatable bonds is 1. The molecule has 0 radical (unpaired) electrons. The number of nitrogens with one attached hydrogen (secondary N) is 1. The fourth-order valence-corrected chi connectivity index (χ4v) is 2.59. The molecule has 0 aromatic carbocycles. The third kappa shape index (κ3) is 2.38. The van der Waals surface area contributed by atoms with Crippen molar-refractivity contribution in [1.29, 1.82) is 0 Å². The molecule has 0 aromatic rings. The average molecular weight is 225 g/mol. The van der Waals surface area contributed by atoms with E-state index in [-0.39, 0.29) is 6.04 Å². The summed E-state index contributed by atoms with van der Waals surface area (Å²) in [4.78, 5) is 16.6. The topological polar surface area (TPSA) is 35.6 Å². The predicted molar refractivity (Wildman–Crippen MR) is 64.3 cm³/mol. The van der Waals surface area contributed by atoms with E-state index in [1.165, 1.54) is 0 Å². The second-order valence-electron chi connectivity index (χ2n) is 5.31. The van der Waals surface area contributed by atoms with E-state index < -0.39 is 0 Å². The van der Waals surface area contributed by atoms with E-state index in [1.54, 1.807) is 0 Å². The van der Waals surface area contributed by atoms with E-state index in [0.717, 1.165) is 32.5 Å². The molecule has 0 bridgehead atoms. The van der Waals surface area contributed by atoms with Crippen LogP contribution in [-0.4, -0.2) is 60.5 Å². The van der Waals surface area contributed by atoms with Crippen molar-refractivity contribution in [1.82, 2.24) is 15.1 Å². The lowest BCUT2D eigenvalue weighted by Gasteiger charge is -2.38. The third-order valence-corrected chi connectivity index (χ3v) is 3.94. The summed E-state index contributed by atoms with van der Waals surface area (Å²) in [7, 11) is 2.13. The summed E-state index contributed by atoms with van der Waals surface area (Å²) in [6, 6.07) is 1.06. The van der Waals surface area contributed by atoms with Crippen molar-refractivity contribution < 1.29 is 4.79 Å². The highest BCUT2D eigenvalue weighted by atomic mass is 16.2. The molecule has 2 fully saturated rings. The average Bonchev–Trinajstić information content (AvgIpc) is 2.68. The quantitative estimate of drug-likeness (QED) is 0.697. The maximum Gasteiger partial charge on any atom is 0.239 e. The maximum absolute atomic E-state index is 12.2. The molecule has 0 spiro atoms. The van der Waals surface area contributed by atoms with Crippen LogP contribution in [0.1, 0.15) is 26.7 Å². The van der Waals surface area contributed by atoms with Crippen molar-refractivity contribution in [2.45, 2.75) is 44.8 Å². The van der Waals surface area contributed by atoms with Crippen LogP contribution in [0.5, 0.6) is 0 Å². The van der Waals surface area contributed by atoms with Crippen LogP contribution in [0.2, 0.25) is 0 Å². The molecule has 0 saturated carbocycles. The summed E-state index contributed by atoms with van der Waals surface area (Å²) in [5.74, 6) is 0.310. The Labute approximate surface area is 98.0 Å². The Hall–Kier alpha value is -0.610. The highest BCUT2D eigenvalue weighted by molar-refractivity contribution is 5.82. The number of likely N-dealkylation sites (N-methyl/N-ethyl adjacent to an activating group) is 1. The first kappa shape index (κ1) is 11.9. The van der Waals surface area contributed by atoms with Gasteiger partial charge in [0.1, 0.15) is 0 Å². The molecule has 2 heterocycles. The van der Waals surface area contributed by atoms with Gasteiger partial charge >= 0.3 is 0 Å². The number of amides is 1. The number of hydrogen-bond donors (Lipinski definition) is 1. The Bertz CT molecular complexity index is 269. The lowest BCUT2D eigenvalue weighted by Crippen LogP contribution is -2.55. The second kappa shape index (κ2) is 4.72. The summed E-state index contributed by atoms with van der Waals surface area (Å²) < 4.78 is 0. The highest BCUT2D eigenvalue weighted by Crippen LogP contribution is 2.16. The number of carbonyl (C=O) groups excluding carboxylic acids is 1. The van der Waals surface area contributed by atoms with Gasteiger partial charge in [-0.05, 0) is 33.7 Å². The zero-order valence-electron chi connectivity index (χ0n) is 10.6. The molecule has 92 valence electrons. The Morgan fingerprint density at radius 3 is 2.56 bits per heavy atom. The Morgan fingerprint density at radius 2 is 2.00 bits per heavy atom. The van der Waals surface area contributed by atoms with Crippen LogP contribution in [0.15, 0.2) is 0 Å².